The Balaban J connectivity index is 2.00. The van der Waals surface area contributed by atoms with E-state index in [4.69, 9.17) is 5.73 Å². The van der Waals surface area contributed by atoms with Crippen LogP contribution in [0.15, 0.2) is 54.6 Å². The van der Waals surface area contributed by atoms with Gasteiger partial charge in [0.2, 0.25) is 10.0 Å². The third kappa shape index (κ3) is 4.36. The second-order valence-corrected chi connectivity index (χ2v) is 6.40. The van der Waals surface area contributed by atoms with Crippen molar-refractivity contribution in [2.24, 2.45) is 5.73 Å². The number of nitrogens with one attached hydrogen (secondary N) is 1. The second kappa shape index (κ2) is 6.54. The molecule has 0 unspecified atom stereocenters. The Kier molecular flexibility index (Phi) is 4.76. The lowest BCUT2D eigenvalue weighted by atomic mass is 10.2. The topological polar surface area (TPSA) is 72.2 Å². The van der Waals surface area contributed by atoms with Crippen molar-refractivity contribution in [2.45, 2.75) is 13.0 Å². The molecular formula is C15H18N2O2S. The van der Waals surface area contributed by atoms with Crippen LogP contribution in [0, 0.1) is 0 Å². The van der Waals surface area contributed by atoms with Gasteiger partial charge in [-0.25, -0.2) is 8.42 Å². The first-order chi connectivity index (χ1) is 9.59. The van der Waals surface area contributed by atoms with Crippen LogP contribution < -0.4 is 10.5 Å². The number of benzene rings is 2. The highest BCUT2D eigenvalue weighted by atomic mass is 32.2. The zero-order valence-electron chi connectivity index (χ0n) is 11.1. The molecule has 4 nitrogen and oxygen atoms in total. The summed E-state index contributed by atoms with van der Waals surface area (Å²) in [5.41, 5.74) is 8.00. The number of rotatable bonds is 6. The molecule has 2 aromatic carbocycles. The number of aryl methyl sites for hydroxylation is 1. The highest BCUT2D eigenvalue weighted by Crippen LogP contribution is 2.13. The largest absolute Gasteiger partial charge is 0.326 e. The molecule has 0 aliphatic rings. The number of anilines is 1. The quantitative estimate of drug-likeness (QED) is 0.856. The molecule has 106 valence electrons. The van der Waals surface area contributed by atoms with Crippen molar-refractivity contribution < 1.29 is 8.42 Å². The van der Waals surface area contributed by atoms with Gasteiger partial charge in [-0.05, 0) is 29.7 Å². The molecule has 0 fully saturated rings. The highest BCUT2D eigenvalue weighted by molar-refractivity contribution is 7.92. The lowest BCUT2D eigenvalue weighted by Crippen LogP contribution is -2.18. The summed E-state index contributed by atoms with van der Waals surface area (Å²) in [4.78, 5) is 0. The van der Waals surface area contributed by atoms with E-state index in [1.165, 1.54) is 0 Å². The van der Waals surface area contributed by atoms with Gasteiger partial charge in [0.15, 0.2) is 0 Å². The lowest BCUT2D eigenvalue weighted by Gasteiger charge is -2.09. The zero-order valence-corrected chi connectivity index (χ0v) is 11.9. The number of sulfonamides is 1. The normalized spacial score (nSPS) is 11.2. The Bertz CT molecular complexity index is 655. The summed E-state index contributed by atoms with van der Waals surface area (Å²) < 4.78 is 26.6. The van der Waals surface area contributed by atoms with Gasteiger partial charge in [0.1, 0.15) is 0 Å². The maximum absolute atomic E-state index is 12.0. The van der Waals surface area contributed by atoms with Crippen LogP contribution in [0.1, 0.15) is 11.1 Å². The molecule has 2 rings (SSSR count). The molecular weight excluding hydrogens is 272 g/mol. The number of hydrogen-bond acceptors (Lipinski definition) is 3. The first-order valence-corrected chi connectivity index (χ1v) is 8.08. The van der Waals surface area contributed by atoms with E-state index in [1.54, 1.807) is 18.2 Å². The van der Waals surface area contributed by atoms with Crippen molar-refractivity contribution in [3.63, 3.8) is 0 Å². The van der Waals surface area contributed by atoms with Crippen molar-refractivity contribution in [2.75, 3.05) is 10.5 Å². The van der Waals surface area contributed by atoms with Gasteiger partial charge in [0.25, 0.3) is 0 Å². The lowest BCUT2D eigenvalue weighted by molar-refractivity contribution is 0.600. The third-order valence-electron chi connectivity index (χ3n) is 2.94. The Morgan fingerprint density at radius 3 is 2.35 bits per heavy atom. The van der Waals surface area contributed by atoms with E-state index in [0.717, 1.165) is 11.1 Å². The number of hydrogen-bond donors (Lipinski definition) is 2. The fourth-order valence-electron chi connectivity index (χ4n) is 1.89. The summed E-state index contributed by atoms with van der Waals surface area (Å²) in [6, 6.07) is 16.7. The molecule has 0 spiro atoms. The van der Waals surface area contributed by atoms with E-state index in [9.17, 15) is 8.42 Å². The van der Waals surface area contributed by atoms with Crippen molar-refractivity contribution in [1.29, 1.82) is 0 Å². The second-order valence-electron chi connectivity index (χ2n) is 4.56. The molecule has 0 aromatic heterocycles. The molecule has 3 N–H and O–H groups in total. The predicted molar refractivity (Wildman–Crippen MR) is 81.9 cm³/mol. The van der Waals surface area contributed by atoms with Crippen LogP contribution in [-0.4, -0.2) is 14.2 Å². The maximum atomic E-state index is 12.0. The van der Waals surface area contributed by atoms with Crippen LogP contribution in [0.5, 0.6) is 0 Å². The van der Waals surface area contributed by atoms with E-state index < -0.39 is 10.0 Å². The van der Waals surface area contributed by atoms with Crippen LogP contribution in [0.4, 0.5) is 5.69 Å². The van der Waals surface area contributed by atoms with Crippen molar-refractivity contribution in [3.8, 4) is 0 Å². The summed E-state index contributed by atoms with van der Waals surface area (Å²) in [5.74, 6) is 0.0594. The molecule has 5 heteroatoms. The molecule has 0 atom stereocenters. The fourth-order valence-corrected chi connectivity index (χ4v) is 2.98. The van der Waals surface area contributed by atoms with Crippen LogP contribution in [0.2, 0.25) is 0 Å². The van der Waals surface area contributed by atoms with Gasteiger partial charge in [-0.1, -0.05) is 42.5 Å². The van der Waals surface area contributed by atoms with Crippen molar-refractivity contribution >= 4 is 15.7 Å². The summed E-state index contributed by atoms with van der Waals surface area (Å²) in [6.45, 7) is 0.388. The fraction of sp³-hybridized carbons (Fsp3) is 0.200. The molecule has 0 aliphatic carbocycles. The van der Waals surface area contributed by atoms with Gasteiger partial charge in [-0.15, -0.1) is 0 Å². The van der Waals surface area contributed by atoms with Gasteiger partial charge in [0.05, 0.1) is 5.75 Å². The Morgan fingerprint density at radius 2 is 1.65 bits per heavy atom. The van der Waals surface area contributed by atoms with Crippen LogP contribution in [0.3, 0.4) is 0 Å². The number of nitrogens with two attached hydrogens (primary N) is 1. The monoisotopic (exact) mass is 290 g/mol. The van der Waals surface area contributed by atoms with Gasteiger partial charge in [-0.2, -0.15) is 0 Å². The van der Waals surface area contributed by atoms with E-state index >= 15 is 0 Å². The first kappa shape index (κ1) is 14.6. The van der Waals surface area contributed by atoms with Gasteiger partial charge in [0, 0.05) is 12.2 Å². The predicted octanol–water partition coefficient (Wildman–Crippen LogP) is 2.13. The Hall–Kier alpha value is -1.85. The highest BCUT2D eigenvalue weighted by Gasteiger charge is 2.10. The minimum Gasteiger partial charge on any atom is -0.326 e. The molecule has 0 aliphatic heterocycles. The van der Waals surface area contributed by atoms with E-state index in [-0.39, 0.29) is 5.75 Å². The Morgan fingerprint density at radius 1 is 0.950 bits per heavy atom. The van der Waals surface area contributed by atoms with E-state index in [2.05, 4.69) is 4.72 Å². The summed E-state index contributed by atoms with van der Waals surface area (Å²) in [7, 11) is -3.35. The van der Waals surface area contributed by atoms with Gasteiger partial charge >= 0.3 is 0 Å². The van der Waals surface area contributed by atoms with Gasteiger partial charge < -0.3 is 5.73 Å². The average Bonchev–Trinajstić information content (AvgIpc) is 2.46. The molecule has 0 radical (unpaired) electrons. The van der Waals surface area contributed by atoms with E-state index in [1.807, 2.05) is 36.4 Å². The Labute approximate surface area is 119 Å². The van der Waals surface area contributed by atoms with Crippen LogP contribution in [-0.2, 0) is 23.0 Å². The summed E-state index contributed by atoms with van der Waals surface area (Å²) in [6.07, 6.45) is 0.493. The van der Waals surface area contributed by atoms with Gasteiger partial charge in [-0.3, -0.25) is 4.72 Å². The summed E-state index contributed by atoms with van der Waals surface area (Å²) >= 11 is 0. The average molecular weight is 290 g/mol. The minimum atomic E-state index is -3.35. The van der Waals surface area contributed by atoms with Crippen molar-refractivity contribution in [3.05, 3.63) is 65.7 Å². The van der Waals surface area contributed by atoms with Crippen molar-refractivity contribution in [1.82, 2.24) is 0 Å². The standard InChI is InChI=1S/C15H18N2O2S/c16-12-14-7-4-8-15(11-14)17-20(18,19)10-9-13-5-2-1-3-6-13/h1-8,11,17H,9-10,12,16H2. The molecule has 0 saturated carbocycles. The molecule has 20 heavy (non-hydrogen) atoms. The minimum absolute atomic E-state index is 0.0594. The molecule has 0 bridgehead atoms. The molecule has 0 saturated heterocycles. The molecule has 2 aromatic rings. The van der Waals surface area contributed by atoms with Crippen LogP contribution in [0.25, 0.3) is 0 Å². The smallest absolute Gasteiger partial charge is 0.233 e. The molecule has 0 amide bonds. The molecule has 0 heterocycles. The SMILES string of the molecule is NCc1cccc(NS(=O)(=O)CCc2ccccc2)c1. The summed E-state index contributed by atoms with van der Waals surface area (Å²) in [5, 5.41) is 0. The zero-order chi connectivity index (χ0) is 14.4. The maximum Gasteiger partial charge on any atom is 0.233 e. The first-order valence-electron chi connectivity index (χ1n) is 6.42. The van der Waals surface area contributed by atoms with E-state index in [0.29, 0.717) is 18.7 Å². The van der Waals surface area contributed by atoms with Crippen LogP contribution >= 0.6 is 0 Å². The third-order valence-corrected chi connectivity index (χ3v) is 4.23.